The molecule has 1 aromatic heterocycles. The quantitative estimate of drug-likeness (QED) is 0.197. The Kier molecular flexibility index (Phi) is 9.42. The number of carbonyl (C=O) groups excluding carboxylic acids is 1. The van der Waals surface area contributed by atoms with Crippen LogP contribution in [0, 0.1) is 11.3 Å². The molecule has 9 heteroatoms. The highest BCUT2D eigenvalue weighted by Crippen LogP contribution is 2.20. The van der Waals surface area contributed by atoms with Crippen molar-refractivity contribution >= 4 is 44.4 Å². The van der Waals surface area contributed by atoms with Gasteiger partial charge in [-0.2, -0.15) is 5.26 Å². The van der Waals surface area contributed by atoms with Gasteiger partial charge in [0.1, 0.15) is 41.4 Å². The fourth-order valence-electron chi connectivity index (χ4n) is 2.76. The lowest BCUT2D eigenvalue weighted by Crippen LogP contribution is -2.13. The van der Waals surface area contributed by atoms with Crippen molar-refractivity contribution < 1.29 is 14.3 Å². The SMILES string of the molecule is CCCCc1nnc(NC(=O)C(C#N)=Cc2cccc(OCCOc3ccc(Br)cc3)c2)s1. The summed E-state index contributed by atoms with van der Waals surface area (Å²) in [5.74, 6) is 0.853. The molecular weight excluding hydrogens is 504 g/mol. The zero-order valence-electron chi connectivity index (χ0n) is 18.1. The Hall–Kier alpha value is -3.22. The van der Waals surface area contributed by atoms with Gasteiger partial charge in [0.25, 0.3) is 5.91 Å². The van der Waals surface area contributed by atoms with E-state index in [1.807, 2.05) is 36.4 Å². The van der Waals surface area contributed by atoms with E-state index in [9.17, 15) is 10.1 Å². The van der Waals surface area contributed by atoms with E-state index in [0.29, 0.717) is 29.7 Å². The number of nitrogens with zero attached hydrogens (tertiary/aromatic N) is 3. The van der Waals surface area contributed by atoms with Crippen LogP contribution in [-0.2, 0) is 11.2 Å². The first-order valence-corrected chi connectivity index (χ1v) is 12.0. The molecule has 3 aromatic rings. The number of unbranched alkanes of at least 4 members (excludes halogenated alkanes) is 1. The highest BCUT2D eigenvalue weighted by Gasteiger charge is 2.13. The van der Waals surface area contributed by atoms with Gasteiger partial charge in [0.05, 0.1) is 0 Å². The molecule has 1 heterocycles. The third-order valence-electron chi connectivity index (χ3n) is 4.40. The topological polar surface area (TPSA) is 97.1 Å². The second kappa shape index (κ2) is 12.7. The van der Waals surface area contributed by atoms with E-state index in [-0.39, 0.29) is 5.57 Å². The number of rotatable bonds is 11. The fraction of sp³-hybridized carbons (Fsp3) is 0.250. The van der Waals surface area contributed by atoms with Gasteiger partial charge in [-0.15, -0.1) is 10.2 Å². The summed E-state index contributed by atoms with van der Waals surface area (Å²) in [6, 6.07) is 16.7. The Labute approximate surface area is 205 Å². The number of hydrogen-bond acceptors (Lipinski definition) is 7. The number of anilines is 1. The summed E-state index contributed by atoms with van der Waals surface area (Å²) >= 11 is 4.71. The molecule has 7 nitrogen and oxygen atoms in total. The van der Waals surface area contributed by atoms with Crippen LogP contribution in [0.4, 0.5) is 5.13 Å². The largest absolute Gasteiger partial charge is 0.490 e. The van der Waals surface area contributed by atoms with E-state index >= 15 is 0 Å². The lowest BCUT2D eigenvalue weighted by atomic mass is 10.1. The maximum atomic E-state index is 12.5. The van der Waals surface area contributed by atoms with Crippen LogP contribution in [0.5, 0.6) is 11.5 Å². The standard InChI is InChI=1S/C24H23BrN4O3S/c1-2-3-7-22-28-29-24(33-22)27-23(30)18(16-26)14-17-5-4-6-21(15-17)32-13-12-31-20-10-8-19(25)9-11-20/h4-6,8-11,14-15H,2-3,7,12-13H2,1H3,(H,27,29,30). The zero-order valence-corrected chi connectivity index (χ0v) is 20.5. The number of amides is 1. The summed E-state index contributed by atoms with van der Waals surface area (Å²) in [5.41, 5.74) is 0.643. The van der Waals surface area contributed by atoms with Crippen molar-refractivity contribution in [1.29, 1.82) is 5.26 Å². The maximum Gasteiger partial charge on any atom is 0.268 e. The van der Waals surface area contributed by atoms with Crippen LogP contribution in [0.15, 0.2) is 58.6 Å². The average Bonchev–Trinajstić information content (AvgIpc) is 3.27. The Morgan fingerprint density at radius 1 is 1.15 bits per heavy atom. The molecule has 1 amide bonds. The molecule has 33 heavy (non-hydrogen) atoms. The van der Waals surface area contributed by atoms with Crippen LogP contribution in [0.1, 0.15) is 30.3 Å². The predicted octanol–water partition coefficient (Wildman–Crippen LogP) is 5.65. The minimum absolute atomic E-state index is 0.0315. The molecule has 0 radical (unpaired) electrons. The molecule has 0 aliphatic carbocycles. The van der Waals surface area contributed by atoms with Crippen molar-refractivity contribution in [1.82, 2.24) is 10.2 Å². The van der Waals surface area contributed by atoms with Crippen molar-refractivity contribution in [2.75, 3.05) is 18.5 Å². The van der Waals surface area contributed by atoms with Crippen LogP contribution in [0.2, 0.25) is 0 Å². The van der Waals surface area contributed by atoms with E-state index in [1.54, 1.807) is 18.2 Å². The summed E-state index contributed by atoms with van der Waals surface area (Å²) in [6.45, 7) is 2.84. The van der Waals surface area contributed by atoms with Gasteiger partial charge in [-0.1, -0.05) is 52.7 Å². The molecule has 0 bridgehead atoms. The first-order chi connectivity index (χ1) is 16.1. The summed E-state index contributed by atoms with van der Waals surface area (Å²) in [4.78, 5) is 12.5. The van der Waals surface area contributed by atoms with Crippen LogP contribution in [0.3, 0.4) is 0 Å². The van der Waals surface area contributed by atoms with Crippen molar-refractivity contribution in [3.63, 3.8) is 0 Å². The van der Waals surface area contributed by atoms with E-state index in [0.717, 1.165) is 34.5 Å². The average molecular weight is 527 g/mol. The van der Waals surface area contributed by atoms with Gasteiger partial charge in [-0.05, 0) is 54.5 Å². The minimum atomic E-state index is -0.523. The Balaban J connectivity index is 1.55. The molecule has 0 saturated carbocycles. The maximum absolute atomic E-state index is 12.5. The lowest BCUT2D eigenvalue weighted by molar-refractivity contribution is -0.112. The number of nitrogens with one attached hydrogen (secondary N) is 1. The summed E-state index contributed by atoms with van der Waals surface area (Å²) < 4.78 is 12.4. The summed E-state index contributed by atoms with van der Waals surface area (Å²) in [5, 5.41) is 21.4. The third-order valence-corrected chi connectivity index (χ3v) is 5.83. The molecule has 3 rings (SSSR count). The number of aromatic nitrogens is 2. The highest BCUT2D eigenvalue weighted by atomic mass is 79.9. The minimum Gasteiger partial charge on any atom is -0.490 e. The number of halogens is 1. The number of carbonyl (C=O) groups is 1. The monoisotopic (exact) mass is 526 g/mol. The van der Waals surface area contributed by atoms with Crippen LogP contribution in [0.25, 0.3) is 6.08 Å². The summed E-state index contributed by atoms with van der Waals surface area (Å²) in [6.07, 6.45) is 4.41. The Morgan fingerprint density at radius 3 is 2.64 bits per heavy atom. The third kappa shape index (κ3) is 8.00. The number of nitriles is 1. The molecule has 0 aliphatic rings. The molecule has 0 saturated heterocycles. The summed E-state index contributed by atoms with van der Waals surface area (Å²) in [7, 11) is 0. The van der Waals surface area contributed by atoms with E-state index in [4.69, 9.17) is 9.47 Å². The van der Waals surface area contributed by atoms with Crippen LogP contribution >= 0.6 is 27.3 Å². The zero-order chi connectivity index (χ0) is 23.5. The van der Waals surface area contributed by atoms with E-state index in [2.05, 4.69) is 38.4 Å². The van der Waals surface area contributed by atoms with Gasteiger partial charge >= 0.3 is 0 Å². The molecule has 0 aliphatic heterocycles. The molecule has 0 unspecified atom stereocenters. The smallest absolute Gasteiger partial charge is 0.268 e. The normalized spacial score (nSPS) is 11.0. The molecule has 0 atom stereocenters. The molecular formula is C24H23BrN4O3S. The van der Waals surface area contributed by atoms with E-state index in [1.165, 1.54) is 17.4 Å². The van der Waals surface area contributed by atoms with Gasteiger partial charge in [-0.3, -0.25) is 10.1 Å². The van der Waals surface area contributed by atoms with Crippen molar-refractivity contribution in [2.24, 2.45) is 0 Å². The first kappa shape index (κ1) is 24.4. The molecule has 0 spiro atoms. The number of benzene rings is 2. The second-order valence-corrected chi connectivity index (χ2v) is 8.93. The van der Waals surface area contributed by atoms with Gasteiger partial charge in [-0.25, -0.2) is 0 Å². The van der Waals surface area contributed by atoms with Crippen molar-refractivity contribution in [3.05, 3.63) is 69.1 Å². The predicted molar refractivity (Wildman–Crippen MR) is 132 cm³/mol. The second-order valence-electron chi connectivity index (χ2n) is 6.95. The number of ether oxygens (including phenoxy) is 2. The molecule has 2 aromatic carbocycles. The molecule has 0 fully saturated rings. The van der Waals surface area contributed by atoms with Gasteiger partial charge in [0, 0.05) is 10.9 Å². The van der Waals surface area contributed by atoms with Crippen molar-refractivity contribution in [3.8, 4) is 17.6 Å². The highest BCUT2D eigenvalue weighted by molar-refractivity contribution is 9.10. The van der Waals surface area contributed by atoms with Crippen molar-refractivity contribution in [2.45, 2.75) is 26.2 Å². The van der Waals surface area contributed by atoms with E-state index < -0.39 is 5.91 Å². The Morgan fingerprint density at radius 2 is 1.91 bits per heavy atom. The lowest BCUT2D eigenvalue weighted by Gasteiger charge is -2.09. The number of aryl methyl sites for hydroxylation is 1. The Bertz CT molecular complexity index is 1140. The van der Waals surface area contributed by atoms with Crippen LogP contribution < -0.4 is 14.8 Å². The molecule has 1 N–H and O–H groups in total. The van der Waals surface area contributed by atoms with Gasteiger partial charge in [0.2, 0.25) is 5.13 Å². The first-order valence-electron chi connectivity index (χ1n) is 10.4. The molecule has 170 valence electrons. The fourth-order valence-corrected chi connectivity index (χ4v) is 3.80. The van der Waals surface area contributed by atoms with Gasteiger partial charge < -0.3 is 9.47 Å². The number of hydrogen-bond donors (Lipinski definition) is 1. The van der Waals surface area contributed by atoms with Crippen LogP contribution in [-0.4, -0.2) is 29.3 Å². The van der Waals surface area contributed by atoms with Gasteiger partial charge in [0.15, 0.2) is 0 Å².